The fraction of sp³-hybridized carbons (Fsp3) is 0.556. The van der Waals surface area contributed by atoms with Crippen molar-refractivity contribution in [1.82, 2.24) is 20.9 Å². The fourth-order valence-corrected chi connectivity index (χ4v) is 7.18. The predicted octanol–water partition coefficient (Wildman–Crippen LogP) is 1.03. The van der Waals surface area contributed by atoms with Gasteiger partial charge < -0.3 is 42.4 Å². The van der Waals surface area contributed by atoms with Crippen molar-refractivity contribution >= 4 is 30.7 Å². The Morgan fingerprint density at radius 3 is 1.96 bits per heavy atom. The highest BCUT2D eigenvalue weighted by Gasteiger charge is 2.53. The molecule has 0 spiro atoms. The van der Waals surface area contributed by atoms with Crippen molar-refractivity contribution < 1.29 is 29.2 Å². The van der Waals surface area contributed by atoms with E-state index in [9.17, 15) is 29.2 Å². The average Bonchev–Trinajstić information content (AvgIpc) is 3.66. The normalized spacial score (nSPS) is 20.7. The lowest BCUT2D eigenvalue weighted by atomic mass is 9.65. The third kappa shape index (κ3) is 10.6. The van der Waals surface area contributed by atoms with E-state index < -0.39 is 54.8 Å². The van der Waals surface area contributed by atoms with E-state index in [1.54, 1.807) is 4.90 Å². The number of unbranched alkanes of at least 4 members (excludes halogenated alkanes) is 1. The van der Waals surface area contributed by atoms with Gasteiger partial charge in [0.25, 0.3) is 0 Å². The Bertz CT molecular complexity index is 1380. The molecule has 0 saturated carbocycles. The largest absolute Gasteiger partial charge is 0.456 e. The first kappa shape index (κ1) is 38.0. The molecule has 2 aliphatic heterocycles. The molecule has 2 aromatic carbocycles. The highest BCUT2D eigenvalue weighted by molar-refractivity contribution is 6.43. The smallest absolute Gasteiger partial charge is 0.427 e. The van der Waals surface area contributed by atoms with E-state index in [0.717, 1.165) is 17.5 Å². The van der Waals surface area contributed by atoms with Crippen LogP contribution in [0, 0.1) is 5.92 Å². The third-order valence-corrected chi connectivity index (χ3v) is 9.67. The molecule has 4 amide bonds. The number of nitrogens with two attached hydrogens (primary N) is 2. The Morgan fingerprint density at radius 2 is 1.39 bits per heavy atom. The van der Waals surface area contributed by atoms with E-state index >= 15 is 0 Å². The quantitative estimate of drug-likeness (QED) is 0.0897. The number of carbonyl (C=O) groups excluding carboxylic acids is 4. The molecule has 0 radical (unpaired) electrons. The number of benzene rings is 2. The molecule has 2 saturated heterocycles. The van der Waals surface area contributed by atoms with Gasteiger partial charge >= 0.3 is 7.12 Å². The van der Waals surface area contributed by atoms with Crippen LogP contribution in [0.25, 0.3) is 0 Å². The highest BCUT2D eigenvalue weighted by atomic mass is 16.4. The molecule has 13 heteroatoms. The van der Waals surface area contributed by atoms with Crippen molar-refractivity contribution in [2.24, 2.45) is 17.4 Å². The second-order valence-electron chi connectivity index (χ2n) is 13.9. The summed E-state index contributed by atoms with van der Waals surface area (Å²) in [5, 5.41) is 28.5. The standard InChI is InChI=1S/C36H53BN6O6/c1-23(2)19-30(34(45)40-29(15-9-10-18-38)36(47)43-26-16-17-32(43)27(22-26)37(48)49)42-35(46)31(21-25-13-7-4-8-14-25)41-33(44)28(39)20-24-11-5-3-6-12-24/h3-8,11-14,23,26-32,48-49H,9-10,15-22,38-39H2,1-2H3,(H,40,45)(H,41,44)(H,42,46)/t26-,27?,28-,29-,30-,31-,32+/m1/s1. The van der Waals surface area contributed by atoms with Gasteiger partial charge in [-0.15, -0.1) is 0 Å². The van der Waals surface area contributed by atoms with Gasteiger partial charge in [-0.25, -0.2) is 0 Å². The Kier molecular flexibility index (Phi) is 14.2. The van der Waals surface area contributed by atoms with Crippen LogP contribution in [0.5, 0.6) is 0 Å². The van der Waals surface area contributed by atoms with Gasteiger partial charge in [-0.3, -0.25) is 19.2 Å². The zero-order valence-electron chi connectivity index (χ0n) is 28.7. The lowest BCUT2D eigenvalue weighted by Crippen LogP contribution is -2.59. The number of carbonyl (C=O) groups is 4. The highest BCUT2D eigenvalue weighted by Crippen LogP contribution is 2.46. The second kappa shape index (κ2) is 18.3. The average molecular weight is 677 g/mol. The van der Waals surface area contributed by atoms with Crippen LogP contribution in [-0.4, -0.2) is 88.5 Å². The van der Waals surface area contributed by atoms with Crippen molar-refractivity contribution in [3.05, 3.63) is 71.8 Å². The minimum absolute atomic E-state index is 0.0186. The maximum Gasteiger partial charge on any atom is 0.456 e. The molecule has 266 valence electrons. The monoisotopic (exact) mass is 676 g/mol. The van der Waals surface area contributed by atoms with E-state index in [0.29, 0.717) is 51.5 Å². The molecule has 2 heterocycles. The molecule has 49 heavy (non-hydrogen) atoms. The van der Waals surface area contributed by atoms with Crippen LogP contribution in [-0.2, 0) is 32.0 Å². The van der Waals surface area contributed by atoms with Crippen LogP contribution in [0.15, 0.2) is 60.7 Å². The summed E-state index contributed by atoms with van der Waals surface area (Å²) in [4.78, 5) is 56.8. The van der Waals surface area contributed by atoms with Crippen LogP contribution >= 0.6 is 0 Å². The van der Waals surface area contributed by atoms with E-state index in [-0.39, 0.29) is 30.3 Å². The van der Waals surface area contributed by atoms with Crippen LogP contribution in [0.1, 0.15) is 69.9 Å². The van der Waals surface area contributed by atoms with Crippen molar-refractivity contribution in [3.63, 3.8) is 0 Å². The van der Waals surface area contributed by atoms with Crippen LogP contribution in [0.4, 0.5) is 0 Å². The van der Waals surface area contributed by atoms with Gasteiger partial charge in [0.05, 0.1) is 6.04 Å². The van der Waals surface area contributed by atoms with E-state index in [4.69, 9.17) is 11.5 Å². The molecular formula is C36H53BN6O6. The zero-order valence-corrected chi connectivity index (χ0v) is 28.7. The number of nitrogens with zero attached hydrogens (tertiary/aromatic N) is 1. The molecule has 2 aliphatic rings. The second-order valence-corrected chi connectivity index (χ2v) is 13.9. The summed E-state index contributed by atoms with van der Waals surface area (Å²) >= 11 is 0. The van der Waals surface area contributed by atoms with E-state index in [1.807, 2.05) is 74.5 Å². The van der Waals surface area contributed by atoms with Crippen LogP contribution < -0.4 is 27.4 Å². The predicted molar refractivity (Wildman–Crippen MR) is 189 cm³/mol. The fourth-order valence-electron chi connectivity index (χ4n) is 7.18. The summed E-state index contributed by atoms with van der Waals surface area (Å²) < 4.78 is 0. The van der Waals surface area contributed by atoms with Crippen molar-refractivity contribution in [3.8, 4) is 0 Å². The Balaban J connectivity index is 1.50. The van der Waals surface area contributed by atoms with Crippen LogP contribution in [0.3, 0.4) is 0 Å². The number of fused-ring (bicyclic) bond motifs is 2. The number of nitrogens with one attached hydrogen (secondary N) is 3. The van der Waals surface area contributed by atoms with Gasteiger partial charge in [0.15, 0.2) is 0 Å². The van der Waals surface area contributed by atoms with Gasteiger partial charge in [0.1, 0.15) is 18.1 Å². The molecule has 9 N–H and O–H groups in total. The summed E-state index contributed by atoms with van der Waals surface area (Å²) in [7, 11) is -1.52. The Morgan fingerprint density at radius 1 is 0.816 bits per heavy atom. The summed E-state index contributed by atoms with van der Waals surface area (Å²) in [6, 6.07) is 14.5. The van der Waals surface area contributed by atoms with Gasteiger partial charge in [-0.1, -0.05) is 74.5 Å². The van der Waals surface area contributed by atoms with Crippen molar-refractivity contribution in [2.45, 2.75) is 114 Å². The minimum Gasteiger partial charge on any atom is -0.427 e. The van der Waals surface area contributed by atoms with E-state index in [1.165, 1.54) is 0 Å². The third-order valence-electron chi connectivity index (χ3n) is 9.67. The number of rotatable bonds is 18. The van der Waals surface area contributed by atoms with Gasteiger partial charge in [0, 0.05) is 24.3 Å². The maximum absolute atomic E-state index is 14.0. The zero-order chi connectivity index (χ0) is 35.5. The molecule has 0 aromatic heterocycles. The van der Waals surface area contributed by atoms with E-state index in [2.05, 4.69) is 16.0 Å². The minimum atomic E-state index is -1.52. The SMILES string of the molecule is CC(C)C[C@@H](NC(=O)[C@@H](Cc1ccccc1)NC(=O)[C@H](N)Cc1ccccc1)C(=O)N[C@H](CCCCN)C(=O)N1[C@@H]2CC[C@H]1C(B(O)O)C2. The molecule has 0 aliphatic carbocycles. The molecule has 2 fully saturated rings. The first-order valence-corrected chi connectivity index (χ1v) is 17.6. The van der Waals surface area contributed by atoms with Gasteiger partial charge in [-0.05, 0) is 75.0 Å². The first-order chi connectivity index (χ1) is 23.5. The Labute approximate surface area is 289 Å². The molecule has 12 nitrogen and oxygen atoms in total. The molecule has 2 bridgehead atoms. The summed E-state index contributed by atoms with van der Waals surface area (Å²) in [5.41, 5.74) is 13.7. The summed E-state index contributed by atoms with van der Waals surface area (Å²) in [6.45, 7) is 4.31. The van der Waals surface area contributed by atoms with Gasteiger partial charge in [0.2, 0.25) is 23.6 Å². The molecule has 7 atom stereocenters. The van der Waals surface area contributed by atoms with Crippen molar-refractivity contribution in [1.29, 1.82) is 0 Å². The topological polar surface area (TPSA) is 200 Å². The Hall–Kier alpha value is -3.78. The summed E-state index contributed by atoms with van der Waals surface area (Å²) in [5.74, 6) is -2.17. The number of hydrogen-bond donors (Lipinski definition) is 7. The molecular weight excluding hydrogens is 623 g/mol. The number of hydrogen-bond acceptors (Lipinski definition) is 8. The van der Waals surface area contributed by atoms with Crippen LogP contribution in [0.2, 0.25) is 5.82 Å². The first-order valence-electron chi connectivity index (χ1n) is 17.6. The lowest BCUT2D eigenvalue weighted by Gasteiger charge is -2.31. The maximum atomic E-state index is 14.0. The lowest BCUT2D eigenvalue weighted by molar-refractivity contribution is -0.139. The summed E-state index contributed by atoms with van der Waals surface area (Å²) in [6.07, 6.45) is 4.38. The van der Waals surface area contributed by atoms with Gasteiger partial charge in [-0.2, -0.15) is 0 Å². The molecule has 2 aromatic rings. The molecule has 4 rings (SSSR count). The molecule has 1 unspecified atom stereocenters. The number of amides is 4. The van der Waals surface area contributed by atoms with Crippen molar-refractivity contribution in [2.75, 3.05) is 6.54 Å².